The van der Waals surface area contributed by atoms with E-state index < -0.39 is 10.1 Å². The summed E-state index contributed by atoms with van der Waals surface area (Å²) in [7, 11) is -3.73. The van der Waals surface area contributed by atoms with Crippen molar-refractivity contribution in [3.63, 3.8) is 0 Å². The van der Waals surface area contributed by atoms with Gasteiger partial charge in [0.05, 0.1) is 30.4 Å². The first-order valence-corrected chi connectivity index (χ1v) is 10.4. The first kappa shape index (κ1) is 18.3. The van der Waals surface area contributed by atoms with E-state index in [0.29, 0.717) is 19.6 Å². The summed E-state index contributed by atoms with van der Waals surface area (Å²) in [6.45, 7) is 7.11. The van der Waals surface area contributed by atoms with Crippen molar-refractivity contribution in [3.8, 4) is 0 Å². The molecule has 0 spiro atoms. The molecule has 1 aliphatic rings. The Bertz CT molecular complexity index is 810. The SMILES string of the molecule is Cc1ccc(S(=O)(=O)OCCc2nc(N3CCOCC3)sc2C)cc1. The highest BCUT2D eigenvalue weighted by atomic mass is 32.2. The summed E-state index contributed by atoms with van der Waals surface area (Å²) < 4.78 is 34.9. The Morgan fingerprint density at radius 2 is 1.88 bits per heavy atom. The zero-order valence-corrected chi connectivity index (χ0v) is 16.0. The van der Waals surface area contributed by atoms with Crippen molar-refractivity contribution in [3.05, 3.63) is 40.4 Å². The Labute approximate surface area is 152 Å². The van der Waals surface area contributed by atoms with Gasteiger partial charge in [-0.3, -0.25) is 4.18 Å². The van der Waals surface area contributed by atoms with Gasteiger partial charge in [-0.05, 0) is 26.0 Å². The molecule has 2 aromatic rings. The molecule has 8 heteroatoms. The van der Waals surface area contributed by atoms with E-state index in [9.17, 15) is 8.42 Å². The normalized spacial score (nSPS) is 15.5. The van der Waals surface area contributed by atoms with Crippen molar-refractivity contribution in [2.75, 3.05) is 37.8 Å². The molecular formula is C17H22N2O4S2. The van der Waals surface area contributed by atoms with Crippen LogP contribution in [0.25, 0.3) is 0 Å². The number of aryl methyl sites for hydroxylation is 2. The quantitative estimate of drug-likeness (QED) is 0.715. The number of hydrogen-bond donors (Lipinski definition) is 0. The van der Waals surface area contributed by atoms with Crippen LogP contribution in [0.15, 0.2) is 29.2 Å². The van der Waals surface area contributed by atoms with Gasteiger partial charge in [0.1, 0.15) is 0 Å². The molecule has 2 heterocycles. The highest BCUT2D eigenvalue weighted by molar-refractivity contribution is 7.86. The number of anilines is 1. The van der Waals surface area contributed by atoms with Crippen LogP contribution < -0.4 is 4.90 Å². The fraction of sp³-hybridized carbons (Fsp3) is 0.471. The number of nitrogens with zero attached hydrogens (tertiary/aromatic N) is 2. The van der Waals surface area contributed by atoms with Gasteiger partial charge in [0, 0.05) is 24.4 Å². The molecule has 1 fully saturated rings. The number of rotatable bonds is 6. The first-order chi connectivity index (χ1) is 12.0. The predicted octanol–water partition coefficient (Wildman–Crippen LogP) is 2.54. The van der Waals surface area contributed by atoms with E-state index in [2.05, 4.69) is 9.88 Å². The van der Waals surface area contributed by atoms with Crippen LogP contribution in [-0.4, -0.2) is 46.3 Å². The molecular weight excluding hydrogens is 360 g/mol. The minimum Gasteiger partial charge on any atom is -0.378 e. The Hall–Kier alpha value is -1.48. The van der Waals surface area contributed by atoms with E-state index in [1.807, 2.05) is 13.8 Å². The molecule has 0 aliphatic carbocycles. The Morgan fingerprint density at radius 3 is 2.56 bits per heavy atom. The van der Waals surface area contributed by atoms with Gasteiger partial charge in [0.25, 0.3) is 10.1 Å². The molecule has 0 N–H and O–H groups in total. The minimum atomic E-state index is -3.73. The number of ether oxygens (including phenoxy) is 1. The second-order valence-corrected chi connectivity index (χ2v) is 8.73. The predicted molar refractivity (Wildman–Crippen MR) is 97.9 cm³/mol. The lowest BCUT2D eigenvalue weighted by atomic mass is 10.2. The summed E-state index contributed by atoms with van der Waals surface area (Å²) in [6, 6.07) is 6.65. The van der Waals surface area contributed by atoms with Crippen LogP contribution in [0, 0.1) is 13.8 Å². The van der Waals surface area contributed by atoms with Crippen LogP contribution >= 0.6 is 11.3 Å². The summed E-state index contributed by atoms with van der Waals surface area (Å²) in [5.41, 5.74) is 1.90. The zero-order valence-electron chi connectivity index (χ0n) is 14.4. The maximum atomic E-state index is 12.2. The summed E-state index contributed by atoms with van der Waals surface area (Å²) in [6.07, 6.45) is 0.470. The highest BCUT2D eigenvalue weighted by Gasteiger charge is 2.18. The summed E-state index contributed by atoms with van der Waals surface area (Å²) in [5, 5.41) is 0.970. The van der Waals surface area contributed by atoms with Crippen molar-refractivity contribution in [1.29, 1.82) is 0 Å². The van der Waals surface area contributed by atoms with Crippen molar-refractivity contribution in [2.24, 2.45) is 0 Å². The fourth-order valence-electron chi connectivity index (χ4n) is 2.56. The molecule has 0 saturated carbocycles. The minimum absolute atomic E-state index is 0.0866. The molecule has 1 aromatic carbocycles. The number of benzene rings is 1. The molecule has 136 valence electrons. The zero-order chi connectivity index (χ0) is 17.9. The van der Waals surface area contributed by atoms with Crippen LogP contribution in [0.3, 0.4) is 0 Å². The second kappa shape index (κ2) is 7.82. The second-order valence-electron chi connectivity index (χ2n) is 5.94. The number of hydrogen-bond acceptors (Lipinski definition) is 7. The van der Waals surface area contributed by atoms with Gasteiger partial charge < -0.3 is 9.64 Å². The van der Waals surface area contributed by atoms with Crippen LogP contribution in [-0.2, 0) is 25.5 Å². The monoisotopic (exact) mass is 382 g/mol. The van der Waals surface area contributed by atoms with Gasteiger partial charge in [-0.15, -0.1) is 11.3 Å². The van der Waals surface area contributed by atoms with Crippen LogP contribution in [0.1, 0.15) is 16.1 Å². The molecule has 0 amide bonds. The molecule has 6 nitrogen and oxygen atoms in total. The lowest BCUT2D eigenvalue weighted by Crippen LogP contribution is -2.36. The third-order valence-electron chi connectivity index (χ3n) is 4.05. The van der Waals surface area contributed by atoms with Crippen LogP contribution in [0.5, 0.6) is 0 Å². The summed E-state index contributed by atoms with van der Waals surface area (Å²) in [5.74, 6) is 0. The van der Waals surface area contributed by atoms with E-state index in [0.717, 1.165) is 34.4 Å². The Morgan fingerprint density at radius 1 is 1.20 bits per heavy atom. The topological polar surface area (TPSA) is 68.7 Å². The third-order valence-corrected chi connectivity index (χ3v) is 6.45. The lowest BCUT2D eigenvalue weighted by Gasteiger charge is -2.26. The molecule has 0 atom stereocenters. The molecule has 1 aromatic heterocycles. The van der Waals surface area contributed by atoms with E-state index >= 15 is 0 Å². The van der Waals surface area contributed by atoms with Crippen molar-refractivity contribution in [1.82, 2.24) is 4.98 Å². The Balaban J connectivity index is 1.60. The van der Waals surface area contributed by atoms with Gasteiger partial charge in [0.15, 0.2) is 5.13 Å². The Kier molecular flexibility index (Phi) is 5.73. The van der Waals surface area contributed by atoms with Gasteiger partial charge in [0.2, 0.25) is 0 Å². The van der Waals surface area contributed by atoms with Gasteiger partial charge in [-0.1, -0.05) is 17.7 Å². The molecule has 3 rings (SSSR count). The average Bonchev–Trinajstić information content (AvgIpc) is 2.97. The fourth-order valence-corrected chi connectivity index (χ4v) is 4.47. The van der Waals surface area contributed by atoms with Crippen LogP contribution in [0.2, 0.25) is 0 Å². The molecule has 0 radical (unpaired) electrons. The van der Waals surface area contributed by atoms with Gasteiger partial charge in [-0.2, -0.15) is 8.42 Å². The van der Waals surface area contributed by atoms with E-state index in [4.69, 9.17) is 8.92 Å². The van der Waals surface area contributed by atoms with Crippen molar-refractivity contribution in [2.45, 2.75) is 25.2 Å². The molecule has 0 unspecified atom stereocenters. The van der Waals surface area contributed by atoms with Gasteiger partial charge >= 0.3 is 0 Å². The highest BCUT2D eigenvalue weighted by Crippen LogP contribution is 2.27. The van der Waals surface area contributed by atoms with Crippen molar-refractivity contribution < 1.29 is 17.3 Å². The van der Waals surface area contributed by atoms with E-state index in [-0.39, 0.29) is 11.5 Å². The number of morpholine rings is 1. The molecule has 1 aliphatic heterocycles. The van der Waals surface area contributed by atoms with Crippen LogP contribution in [0.4, 0.5) is 5.13 Å². The lowest BCUT2D eigenvalue weighted by molar-refractivity contribution is 0.122. The molecule has 1 saturated heterocycles. The number of thiazole rings is 1. The molecule has 25 heavy (non-hydrogen) atoms. The first-order valence-electron chi connectivity index (χ1n) is 8.21. The van der Waals surface area contributed by atoms with E-state index in [1.165, 1.54) is 0 Å². The summed E-state index contributed by atoms with van der Waals surface area (Å²) in [4.78, 5) is 8.13. The third kappa shape index (κ3) is 4.58. The smallest absolute Gasteiger partial charge is 0.296 e. The maximum absolute atomic E-state index is 12.2. The van der Waals surface area contributed by atoms with Gasteiger partial charge in [-0.25, -0.2) is 4.98 Å². The average molecular weight is 383 g/mol. The standard InChI is InChI=1S/C17H22N2O4S2/c1-13-3-5-15(6-4-13)25(20,21)23-10-7-16-14(2)24-17(18-16)19-8-11-22-12-9-19/h3-6H,7-12H2,1-2H3. The largest absolute Gasteiger partial charge is 0.378 e. The van der Waals surface area contributed by atoms with E-state index in [1.54, 1.807) is 35.6 Å². The maximum Gasteiger partial charge on any atom is 0.296 e. The van der Waals surface area contributed by atoms with Crippen molar-refractivity contribution >= 4 is 26.6 Å². The number of aromatic nitrogens is 1. The summed E-state index contributed by atoms with van der Waals surface area (Å²) >= 11 is 1.63. The molecule has 0 bridgehead atoms.